The van der Waals surface area contributed by atoms with Gasteiger partial charge in [0.25, 0.3) is 0 Å². The summed E-state index contributed by atoms with van der Waals surface area (Å²) in [6, 6.07) is 4.19. The number of halogens is 4. The first kappa shape index (κ1) is 15.7. The van der Waals surface area contributed by atoms with Gasteiger partial charge in [-0.05, 0) is 43.9 Å². The topological polar surface area (TPSA) is 12.0 Å². The largest absolute Gasteiger partial charge is 0.416 e. The molecule has 1 unspecified atom stereocenters. The van der Waals surface area contributed by atoms with E-state index >= 15 is 0 Å². The average Bonchev–Trinajstić information content (AvgIpc) is 2.38. The van der Waals surface area contributed by atoms with E-state index in [-0.39, 0.29) is 6.04 Å². The molecule has 5 heteroatoms. The van der Waals surface area contributed by atoms with E-state index in [1.165, 1.54) is 25.3 Å². The molecule has 1 saturated carbocycles. The van der Waals surface area contributed by atoms with Crippen LogP contribution in [0.4, 0.5) is 18.9 Å². The fraction of sp³-hybridized carbons (Fsp3) is 0.600. The number of anilines is 1. The zero-order chi connectivity index (χ0) is 14.8. The number of benzene rings is 1. The summed E-state index contributed by atoms with van der Waals surface area (Å²) in [4.78, 5) is 0. The van der Waals surface area contributed by atoms with E-state index in [1.807, 2.05) is 0 Å². The van der Waals surface area contributed by atoms with E-state index in [2.05, 4.69) is 28.2 Å². The number of alkyl halides is 3. The molecule has 1 fully saturated rings. The Labute approximate surface area is 126 Å². The monoisotopic (exact) mass is 349 g/mol. The maximum atomic E-state index is 12.8. The first-order chi connectivity index (χ1) is 9.36. The molecule has 1 atom stereocenters. The van der Waals surface area contributed by atoms with Gasteiger partial charge >= 0.3 is 6.18 Å². The van der Waals surface area contributed by atoms with Gasteiger partial charge in [0.2, 0.25) is 0 Å². The SMILES string of the molecule is CC(Nc1cc(Br)cc(C(F)(F)F)c1)C1CCCCC1. The van der Waals surface area contributed by atoms with Gasteiger partial charge in [-0.1, -0.05) is 35.2 Å². The van der Waals surface area contributed by atoms with Gasteiger partial charge in [-0.3, -0.25) is 0 Å². The molecule has 0 amide bonds. The minimum atomic E-state index is -4.31. The summed E-state index contributed by atoms with van der Waals surface area (Å²) >= 11 is 3.15. The first-order valence-corrected chi connectivity index (χ1v) is 7.80. The summed E-state index contributed by atoms with van der Waals surface area (Å²) in [5.41, 5.74) is -0.0880. The number of rotatable bonds is 3. The van der Waals surface area contributed by atoms with Crippen LogP contribution in [0.2, 0.25) is 0 Å². The van der Waals surface area contributed by atoms with Gasteiger partial charge in [-0.15, -0.1) is 0 Å². The Morgan fingerprint density at radius 3 is 2.40 bits per heavy atom. The van der Waals surface area contributed by atoms with E-state index < -0.39 is 11.7 Å². The third-order valence-electron chi connectivity index (χ3n) is 3.98. The Kier molecular flexibility index (Phi) is 4.99. The van der Waals surface area contributed by atoms with Crippen molar-refractivity contribution in [2.24, 2.45) is 5.92 Å². The standard InChI is InChI=1S/C15H19BrF3N/c1-10(11-5-3-2-4-6-11)20-14-8-12(15(17,18)19)7-13(16)9-14/h7-11,20H,2-6H2,1H3. The van der Waals surface area contributed by atoms with E-state index in [0.717, 1.165) is 18.9 Å². The van der Waals surface area contributed by atoms with Crippen LogP contribution in [0.1, 0.15) is 44.6 Å². The van der Waals surface area contributed by atoms with Crippen LogP contribution in [0, 0.1) is 5.92 Å². The van der Waals surface area contributed by atoms with Crippen molar-refractivity contribution in [1.82, 2.24) is 0 Å². The van der Waals surface area contributed by atoms with E-state index in [9.17, 15) is 13.2 Å². The van der Waals surface area contributed by atoms with Crippen molar-refractivity contribution in [3.05, 3.63) is 28.2 Å². The Hall–Kier alpha value is -0.710. The molecule has 0 spiro atoms. The highest BCUT2D eigenvalue weighted by Crippen LogP contribution is 2.34. The van der Waals surface area contributed by atoms with Gasteiger partial charge < -0.3 is 5.32 Å². The molecule has 1 aromatic carbocycles. The van der Waals surface area contributed by atoms with Crippen molar-refractivity contribution in [3.8, 4) is 0 Å². The van der Waals surface area contributed by atoms with Crippen molar-refractivity contribution >= 4 is 21.6 Å². The number of hydrogen-bond donors (Lipinski definition) is 1. The van der Waals surface area contributed by atoms with Crippen LogP contribution in [0.3, 0.4) is 0 Å². The predicted octanol–water partition coefficient (Wildman–Crippen LogP) is 5.85. The highest BCUT2D eigenvalue weighted by Gasteiger charge is 2.31. The van der Waals surface area contributed by atoms with E-state index in [0.29, 0.717) is 16.1 Å². The van der Waals surface area contributed by atoms with Crippen molar-refractivity contribution in [3.63, 3.8) is 0 Å². The second-order valence-electron chi connectivity index (χ2n) is 5.56. The van der Waals surface area contributed by atoms with Crippen LogP contribution in [0.25, 0.3) is 0 Å². The van der Waals surface area contributed by atoms with Crippen LogP contribution in [-0.2, 0) is 6.18 Å². The van der Waals surface area contributed by atoms with E-state index in [1.54, 1.807) is 6.07 Å². The summed E-state index contributed by atoms with van der Waals surface area (Å²) in [6.07, 6.45) is 1.74. The Balaban J connectivity index is 2.10. The van der Waals surface area contributed by atoms with Crippen LogP contribution in [0.5, 0.6) is 0 Å². The summed E-state index contributed by atoms with van der Waals surface area (Å²) in [7, 11) is 0. The number of nitrogens with one attached hydrogen (secondary N) is 1. The molecule has 2 rings (SSSR count). The van der Waals surface area contributed by atoms with Crippen LogP contribution < -0.4 is 5.32 Å². The van der Waals surface area contributed by atoms with Crippen molar-refractivity contribution in [2.45, 2.75) is 51.2 Å². The predicted molar refractivity (Wildman–Crippen MR) is 78.8 cm³/mol. The molecule has 0 saturated heterocycles. The lowest BCUT2D eigenvalue weighted by atomic mass is 9.84. The molecule has 112 valence electrons. The zero-order valence-corrected chi connectivity index (χ0v) is 13.0. The average molecular weight is 350 g/mol. The first-order valence-electron chi connectivity index (χ1n) is 7.00. The minimum Gasteiger partial charge on any atom is -0.382 e. The third kappa shape index (κ3) is 4.14. The Morgan fingerprint density at radius 2 is 1.80 bits per heavy atom. The minimum absolute atomic E-state index is 0.200. The Bertz CT molecular complexity index is 453. The highest BCUT2D eigenvalue weighted by atomic mass is 79.9. The van der Waals surface area contributed by atoms with Crippen LogP contribution >= 0.6 is 15.9 Å². The van der Waals surface area contributed by atoms with Crippen LogP contribution in [-0.4, -0.2) is 6.04 Å². The van der Waals surface area contributed by atoms with Crippen LogP contribution in [0.15, 0.2) is 22.7 Å². The molecule has 1 aromatic rings. The smallest absolute Gasteiger partial charge is 0.382 e. The maximum Gasteiger partial charge on any atom is 0.416 e. The number of hydrogen-bond acceptors (Lipinski definition) is 1. The lowest BCUT2D eigenvalue weighted by Crippen LogP contribution is -2.27. The van der Waals surface area contributed by atoms with Gasteiger partial charge in [0.1, 0.15) is 0 Å². The molecule has 1 N–H and O–H groups in total. The maximum absolute atomic E-state index is 12.8. The molecular formula is C15H19BrF3N. The normalized spacial score (nSPS) is 18.9. The molecule has 1 aliphatic carbocycles. The lowest BCUT2D eigenvalue weighted by Gasteiger charge is -2.29. The molecular weight excluding hydrogens is 331 g/mol. The van der Waals surface area contributed by atoms with E-state index in [4.69, 9.17) is 0 Å². The highest BCUT2D eigenvalue weighted by molar-refractivity contribution is 9.10. The quantitative estimate of drug-likeness (QED) is 0.721. The second-order valence-corrected chi connectivity index (χ2v) is 6.47. The Morgan fingerprint density at radius 1 is 1.15 bits per heavy atom. The van der Waals surface area contributed by atoms with Crippen molar-refractivity contribution in [2.75, 3.05) is 5.32 Å². The van der Waals surface area contributed by atoms with Gasteiger partial charge in [0.15, 0.2) is 0 Å². The lowest BCUT2D eigenvalue weighted by molar-refractivity contribution is -0.137. The molecule has 0 aromatic heterocycles. The molecule has 1 nitrogen and oxygen atoms in total. The third-order valence-corrected chi connectivity index (χ3v) is 4.43. The molecule has 0 heterocycles. The van der Waals surface area contributed by atoms with Gasteiger partial charge in [-0.25, -0.2) is 0 Å². The van der Waals surface area contributed by atoms with Crippen molar-refractivity contribution in [1.29, 1.82) is 0 Å². The summed E-state index contributed by atoms with van der Waals surface area (Å²) in [5, 5.41) is 3.23. The summed E-state index contributed by atoms with van der Waals surface area (Å²) in [5.74, 6) is 0.553. The molecule has 20 heavy (non-hydrogen) atoms. The van der Waals surface area contributed by atoms with Gasteiger partial charge in [0.05, 0.1) is 5.56 Å². The molecule has 0 bridgehead atoms. The van der Waals surface area contributed by atoms with Gasteiger partial charge in [0, 0.05) is 16.2 Å². The fourth-order valence-corrected chi connectivity index (χ4v) is 3.34. The molecule has 0 radical (unpaired) electrons. The fourth-order valence-electron chi connectivity index (χ4n) is 2.85. The molecule has 1 aliphatic rings. The molecule has 0 aliphatic heterocycles. The van der Waals surface area contributed by atoms with Crippen molar-refractivity contribution < 1.29 is 13.2 Å². The summed E-state index contributed by atoms with van der Waals surface area (Å²) < 4.78 is 38.8. The van der Waals surface area contributed by atoms with Gasteiger partial charge in [-0.2, -0.15) is 13.2 Å². The second kappa shape index (κ2) is 6.37. The summed E-state index contributed by atoms with van der Waals surface area (Å²) in [6.45, 7) is 2.06. The zero-order valence-electron chi connectivity index (χ0n) is 11.4.